The largest absolute Gasteiger partial charge is 0.285 e. The first-order valence-corrected chi connectivity index (χ1v) is 9.16. The molecule has 0 N–H and O–H groups in total. The molecule has 4 aromatic rings. The highest BCUT2D eigenvalue weighted by atomic mass is 32.1. The molecule has 4 heteroatoms. The molecule has 0 aliphatic rings. The van der Waals surface area contributed by atoms with E-state index in [9.17, 15) is 4.79 Å². The van der Waals surface area contributed by atoms with Crippen molar-refractivity contribution in [3.63, 3.8) is 0 Å². The van der Waals surface area contributed by atoms with Crippen molar-refractivity contribution in [1.82, 2.24) is 4.57 Å². The molecule has 0 saturated heterocycles. The summed E-state index contributed by atoms with van der Waals surface area (Å²) in [4.78, 5) is 17.6. The highest BCUT2D eigenvalue weighted by molar-refractivity contribution is 7.07. The second kappa shape index (κ2) is 7.33. The van der Waals surface area contributed by atoms with Gasteiger partial charge in [-0.15, -0.1) is 11.3 Å². The fourth-order valence-electron chi connectivity index (χ4n) is 2.76. The third-order valence-electron chi connectivity index (χ3n) is 4.01. The Morgan fingerprint density at radius 1 is 0.769 bits per heavy atom. The van der Waals surface area contributed by atoms with Gasteiger partial charge in [-0.3, -0.25) is 9.36 Å². The highest BCUT2D eigenvalue weighted by Gasteiger charge is 2.11. The lowest BCUT2D eigenvalue weighted by molar-refractivity contribution is 0.0998. The summed E-state index contributed by atoms with van der Waals surface area (Å²) in [6, 6.07) is 29.3. The number of thiazole rings is 1. The molecule has 1 aromatic heterocycles. The first kappa shape index (κ1) is 16.2. The van der Waals surface area contributed by atoms with E-state index in [4.69, 9.17) is 0 Å². The lowest BCUT2D eigenvalue weighted by Gasteiger charge is -2.09. The zero-order valence-corrected chi connectivity index (χ0v) is 14.8. The van der Waals surface area contributed by atoms with Crippen LogP contribution in [0, 0.1) is 0 Å². The SMILES string of the molecule is O=C(N=c1scc(-c2ccccc2)n1-c1ccccc1)c1ccccc1. The van der Waals surface area contributed by atoms with Crippen LogP contribution in [0.15, 0.2) is 101 Å². The molecule has 0 atom stereocenters. The van der Waals surface area contributed by atoms with Crippen LogP contribution in [0.3, 0.4) is 0 Å². The Kier molecular flexibility index (Phi) is 4.58. The molecule has 0 unspecified atom stereocenters. The minimum atomic E-state index is -0.239. The van der Waals surface area contributed by atoms with E-state index in [1.807, 2.05) is 76.7 Å². The molecule has 0 aliphatic heterocycles. The summed E-state index contributed by atoms with van der Waals surface area (Å²) in [6.45, 7) is 0. The van der Waals surface area contributed by atoms with Gasteiger partial charge in [0.25, 0.3) is 5.91 Å². The molecule has 1 amide bonds. The molecule has 126 valence electrons. The van der Waals surface area contributed by atoms with E-state index in [0.29, 0.717) is 10.4 Å². The molecule has 0 radical (unpaired) electrons. The lowest BCUT2D eigenvalue weighted by atomic mass is 10.1. The predicted octanol–water partition coefficient (Wildman–Crippen LogP) is 4.95. The quantitative estimate of drug-likeness (QED) is 0.511. The van der Waals surface area contributed by atoms with Crippen molar-refractivity contribution in [2.75, 3.05) is 0 Å². The van der Waals surface area contributed by atoms with Crippen LogP contribution in [0.25, 0.3) is 16.9 Å². The molecular formula is C22H16N2OS. The number of carbonyl (C=O) groups excluding carboxylic acids is 1. The van der Waals surface area contributed by atoms with E-state index in [0.717, 1.165) is 16.9 Å². The van der Waals surface area contributed by atoms with E-state index >= 15 is 0 Å². The van der Waals surface area contributed by atoms with Crippen molar-refractivity contribution in [1.29, 1.82) is 0 Å². The number of benzene rings is 3. The minimum absolute atomic E-state index is 0.239. The van der Waals surface area contributed by atoms with Gasteiger partial charge in [0.1, 0.15) is 0 Å². The van der Waals surface area contributed by atoms with Gasteiger partial charge in [0.05, 0.1) is 5.69 Å². The predicted molar refractivity (Wildman–Crippen MR) is 105 cm³/mol. The van der Waals surface area contributed by atoms with Gasteiger partial charge in [-0.05, 0) is 29.8 Å². The van der Waals surface area contributed by atoms with Crippen molar-refractivity contribution in [3.8, 4) is 16.9 Å². The molecule has 1 heterocycles. The second-order valence-electron chi connectivity index (χ2n) is 5.72. The maximum absolute atomic E-state index is 12.6. The molecule has 0 fully saturated rings. The van der Waals surface area contributed by atoms with Gasteiger partial charge < -0.3 is 0 Å². The van der Waals surface area contributed by atoms with Gasteiger partial charge in [-0.2, -0.15) is 4.99 Å². The van der Waals surface area contributed by atoms with Crippen LogP contribution in [0.4, 0.5) is 0 Å². The number of rotatable bonds is 3. The van der Waals surface area contributed by atoms with Crippen LogP contribution >= 0.6 is 11.3 Å². The summed E-state index contributed by atoms with van der Waals surface area (Å²) in [5.41, 5.74) is 3.66. The smallest absolute Gasteiger partial charge is 0.279 e. The Hall–Kier alpha value is -3.24. The van der Waals surface area contributed by atoms with Crippen molar-refractivity contribution < 1.29 is 4.79 Å². The number of amides is 1. The Morgan fingerprint density at radius 3 is 2.00 bits per heavy atom. The molecule has 3 nitrogen and oxygen atoms in total. The van der Waals surface area contributed by atoms with Crippen molar-refractivity contribution >= 4 is 17.2 Å². The Morgan fingerprint density at radius 2 is 1.35 bits per heavy atom. The zero-order valence-electron chi connectivity index (χ0n) is 13.9. The summed E-state index contributed by atoms with van der Waals surface area (Å²) >= 11 is 1.46. The minimum Gasteiger partial charge on any atom is -0.285 e. The molecular weight excluding hydrogens is 340 g/mol. The summed E-state index contributed by atoms with van der Waals surface area (Å²) in [5, 5.41) is 2.04. The van der Waals surface area contributed by atoms with E-state index < -0.39 is 0 Å². The normalized spacial score (nSPS) is 11.5. The number of aromatic nitrogens is 1. The number of para-hydroxylation sites is 1. The van der Waals surface area contributed by atoms with Crippen molar-refractivity contribution in [2.24, 2.45) is 4.99 Å². The summed E-state index contributed by atoms with van der Waals surface area (Å²) in [5.74, 6) is -0.239. The van der Waals surface area contributed by atoms with Gasteiger partial charge in [-0.1, -0.05) is 66.7 Å². The standard InChI is InChI=1S/C22H16N2OS/c25-21(18-12-6-2-7-13-18)23-22-24(19-14-8-3-9-15-19)20(16-26-22)17-10-4-1-5-11-17/h1-16H. The van der Waals surface area contributed by atoms with Gasteiger partial charge >= 0.3 is 0 Å². The Balaban J connectivity index is 1.90. The van der Waals surface area contributed by atoms with E-state index in [1.54, 1.807) is 12.1 Å². The maximum atomic E-state index is 12.6. The maximum Gasteiger partial charge on any atom is 0.279 e. The topological polar surface area (TPSA) is 34.4 Å². The van der Waals surface area contributed by atoms with Gasteiger partial charge in [0.15, 0.2) is 4.80 Å². The first-order chi connectivity index (χ1) is 12.8. The molecule has 3 aromatic carbocycles. The molecule has 0 aliphatic carbocycles. The monoisotopic (exact) mass is 356 g/mol. The molecule has 26 heavy (non-hydrogen) atoms. The summed E-state index contributed by atoms with van der Waals surface area (Å²) in [6.07, 6.45) is 0. The van der Waals surface area contributed by atoms with Gasteiger partial charge in [0, 0.05) is 16.6 Å². The van der Waals surface area contributed by atoms with Crippen molar-refractivity contribution in [3.05, 3.63) is 107 Å². The van der Waals surface area contributed by atoms with E-state index in [2.05, 4.69) is 17.1 Å². The van der Waals surface area contributed by atoms with Gasteiger partial charge in [-0.25, -0.2) is 0 Å². The van der Waals surface area contributed by atoms with Crippen LogP contribution in [0.1, 0.15) is 10.4 Å². The van der Waals surface area contributed by atoms with Crippen LogP contribution < -0.4 is 4.80 Å². The van der Waals surface area contributed by atoms with E-state index in [1.165, 1.54) is 11.3 Å². The Labute approximate surface area is 155 Å². The lowest BCUT2D eigenvalue weighted by Crippen LogP contribution is -2.16. The van der Waals surface area contributed by atoms with Crippen molar-refractivity contribution in [2.45, 2.75) is 0 Å². The van der Waals surface area contributed by atoms with Crippen LogP contribution in [-0.2, 0) is 0 Å². The third-order valence-corrected chi connectivity index (χ3v) is 4.84. The average molecular weight is 356 g/mol. The zero-order chi connectivity index (χ0) is 17.8. The number of nitrogens with zero attached hydrogens (tertiary/aromatic N) is 2. The molecule has 0 saturated carbocycles. The van der Waals surface area contributed by atoms with Crippen LogP contribution in [0.2, 0.25) is 0 Å². The fourth-order valence-corrected chi connectivity index (χ4v) is 3.66. The summed E-state index contributed by atoms with van der Waals surface area (Å²) in [7, 11) is 0. The number of carbonyl (C=O) groups is 1. The number of hydrogen-bond donors (Lipinski definition) is 0. The summed E-state index contributed by atoms with van der Waals surface area (Å²) < 4.78 is 2.03. The van der Waals surface area contributed by atoms with Crippen LogP contribution in [-0.4, -0.2) is 10.5 Å². The second-order valence-corrected chi connectivity index (χ2v) is 6.56. The Bertz CT molecular complexity index is 1080. The molecule has 4 rings (SSSR count). The van der Waals surface area contributed by atoms with Crippen LogP contribution in [0.5, 0.6) is 0 Å². The molecule has 0 spiro atoms. The molecule has 0 bridgehead atoms. The van der Waals surface area contributed by atoms with Gasteiger partial charge in [0.2, 0.25) is 0 Å². The third kappa shape index (κ3) is 3.27. The fraction of sp³-hybridized carbons (Fsp3) is 0. The average Bonchev–Trinajstić information content (AvgIpc) is 3.13. The number of hydrogen-bond acceptors (Lipinski definition) is 2. The van der Waals surface area contributed by atoms with E-state index in [-0.39, 0.29) is 5.91 Å². The highest BCUT2D eigenvalue weighted by Crippen LogP contribution is 2.23. The first-order valence-electron chi connectivity index (χ1n) is 8.28.